The molecule has 366 valence electrons. The van der Waals surface area contributed by atoms with Gasteiger partial charge in [0, 0.05) is 74.5 Å². The maximum absolute atomic E-state index is 7.00. The van der Waals surface area contributed by atoms with E-state index in [-0.39, 0.29) is 10.8 Å². The minimum absolute atomic E-state index is 0.220. The number of benzene rings is 7. The van der Waals surface area contributed by atoms with E-state index in [1.807, 2.05) is 83.7 Å². The number of aromatic nitrogens is 9. The molecule has 0 radical (unpaired) electrons. The van der Waals surface area contributed by atoms with Crippen molar-refractivity contribution in [3.05, 3.63) is 198 Å². The Hall–Kier alpha value is -9.22. The van der Waals surface area contributed by atoms with Gasteiger partial charge in [0.2, 0.25) is 5.82 Å². The zero-order valence-corrected chi connectivity index (χ0v) is 43.1. The number of hydrogen-bond donors (Lipinski definition) is 0. The minimum Gasteiger partial charge on any atom is -0.457 e. The van der Waals surface area contributed by atoms with Gasteiger partial charge in [0.25, 0.3) is 5.95 Å². The van der Waals surface area contributed by atoms with Crippen molar-refractivity contribution in [2.75, 3.05) is 0 Å². The summed E-state index contributed by atoms with van der Waals surface area (Å²) in [6, 6.07) is 56.2. The van der Waals surface area contributed by atoms with Gasteiger partial charge < -0.3 is 9.47 Å². The van der Waals surface area contributed by atoms with Crippen LogP contribution in [0.15, 0.2) is 176 Å². The molecule has 0 bridgehead atoms. The summed E-state index contributed by atoms with van der Waals surface area (Å²) >= 11 is 0. The molecule has 6 aromatic heterocycles. The monoisotopic (exact) mass is 979 g/mol. The van der Waals surface area contributed by atoms with Gasteiger partial charge in [-0.3, -0.25) is 13.7 Å². The molecular formula is C64H53N9O2. The van der Waals surface area contributed by atoms with Gasteiger partial charge in [0.1, 0.15) is 34.6 Å². The molecule has 0 saturated carbocycles. The molecule has 0 spiro atoms. The van der Waals surface area contributed by atoms with E-state index in [9.17, 15) is 0 Å². The standard InChI is InChI=1S/C64H53N9O2/c1-38-26-28-65-57(30-38)71-51-20-14-12-18-47(51)59-49(63(3,4)5)32-43(36-55(59)71)74-41-22-24-45-46-25-23-42(35-54(46)73(53(45)34-41)62-69-67-61(68-70-62)40-16-10-9-11-17-40)75-44-33-50(64(6,7)8)60-48-19-13-15-21-52(48)72(56(60)37-44)58-31-39(2)27-29-66-58/h9-37H,1-8H3. The number of para-hydroxylation sites is 2. The second-order valence-electron chi connectivity index (χ2n) is 21.6. The summed E-state index contributed by atoms with van der Waals surface area (Å²) in [6.07, 6.45) is 3.74. The number of aryl methyl sites for hydroxylation is 2. The molecule has 0 aliphatic heterocycles. The molecule has 0 unspecified atom stereocenters. The van der Waals surface area contributed by atoms with E-state index in [0.717, 1.165) is 72.2 Å². The van der Waals surface area contributed by atoms with Crippen LogP contribution in [0.4, 0.5) is 0 Å². The Kier molecular flexibility index (Phi) is 10.5. The Balaban J connectivity index is 0.973. The molecule has 7 aromatic carbocycles. The highest BCUT2D eigenvalue weighted by Gasteiger charge is 2.27. The van der Waals surface area contributed by atoms with Crippen LogP contribution in [0, 0.1) is 13.8 Å². The van der Waals surface area contributed by atoms with Crippen LogP contribution in [-0.2, 0) is 10.8 Å². The summed E-state index contributed by atoms with van der Waals surface area (Å²) in [4.78, 5) is 9.74. The van der Waals surface area contributed by atoms with Crippen molar-refractivity contribution in [1.82, 2.24) is 44.1 Å². The van der Waals surface area contributed by atoms with Gasteiger partial charge in [-0.2, -0.15) is 0 Å². The Morgan fingerprint density at radius 1 is 0.373 bits per heavy atom. The predicted molar refractivity (Wildman–Crippen MR) is 302 cm³/mol. The Labute approximate surface area is 433 Å². The molecule has 0 saturated heterocycles. The van der Waals surface area contributed by atoms with Crippen LogP contribution in [0.25, 0.3) is 94.4 Å². The summed E-state index contributed by atoms with van der Waals surface area (Å²) in [5.74, 6) is 5.14. The van der Waals surface area contributed by atoms with Crippen molar-refractivity contribution in [3.8, 4) is 52.0 Å². The first-order valence-corrected chi connectivity index (χ1v) is 25.3. The molecule has 13 rings (SSSR count). The van der Waals surface area contributed by atoms with E-state index in [4.69, 9.17) is 29.6 Å². The van der Waals surface area contributed by atoms with Crippen molar-refractivity contribution in [2.45, 2.75) is 66.2 Å². The van der Waals surface area contributed by atoms with Crippen LogP contribution in [0.3, 0.4) is 0 Å². The summed E-state index contributed by atoms with van der Waals surface area (Å²) in [5, 5.41) is 25.4. The normalized spacial score (nSPS) is 12.3. The van der Waals surface area contributed by atoms with Gasteiger partial charge in [-0.1, -0.05) is 108 Å². The zero-order valence-electron chi connectivity index (χ0n) is 43.1. The summed E-state index contributed by atoms with van der Waals surface area (Å²) in [5.41, 5.74) is 10.8. The SMILES string of the molecule is Cc1ccnc(-n2c3ccccc3c3c(C(C)(C)C)cc(Oc4ccc5c6ccc(Oc7cc(C(C)(C)C)c8c9ccccc9n(-c9cc(C)ccn9)c8c7)cc6n(-c6nnc(-c7ccccc7)nn6)c5c4)cc32)c1. The molecule has 75 heavy (non-hydrogen) atoms. The Morgan fingerprint density at radius 2 is 0.813 bits per heavy atom. The lowest BCUT2D eigenvalue weighted by Gasteiger charge is -2.22. The molecule has 11 heteroatoms. The van der Waals surface area contributed by atoms with Gasteiger partial charge in [-0.05, 0) is 120 Å². The zero-order chi connectivity index (χ0) is 51.3. The number of hydrogen-bond acceptors (Lipinski definition) is 8. The fourth-order valence-electron chi connectivity index (χ4n) is 10.8. The van der Waals surface area contributed by atoms with E-state index in [0.29, 0.717) is 34.8 Å². The van der Waals surface area contributed by atoms with Crippen LogP contribution >= 0.6 is 0 Å². The van der Waals surface area contributed by atoms with E-state index in [1.54, 1.807) is 0 Å². The third kappa shape index (κ3) is 7.81. The van der Waals surface area contributed by atoms with Crippen LogP contribution in [-0.4, -0.2) is 44.1 Å². The Bertz CT molecular complexity index is 4160. The van der Waals surface area contributed by atoms with Crippen LogP contribution in [0.2, 0.25) is 0 Å². The van der Waals surface area contributed by atoms with Crippen molar-refractivity contribution < 1.29 is 9.47 Å². The third-order valence-electron chi connectivity index (χ3n) is 14.3. The quantitative estimate of drug-likeness (QED) is 0.148. The highest BCUT2D eigenvalue weighted by molar-refractivity contribution is 6.13. The van der Waals surface area contributed by atoms with Crippen molar-refractivity contribution >= 4 is 65.4 Å². The molecular weight excluding hydrogens is 927 g/mol. The molecule has 0 aliphatic carbocycles. The summed E-state index contributed by atoms with van der Waals surface area (Å²) < 4.78 is 20.5. The van der Waals surface area contributed by atoms with Crippen LogP contribution < -0.4 is 9.47 Å². The number of nitrogens with zero attached hydrogens (tertiary/aromatic N) is 9. The Morgan fingerprint density at radius 3 is 1.27 bits per heavy atom. The predicted octanol–water partition coefficient (Wildman–Crippen LogP) is 15.8. The maximum atomic E-state index is 7.00. The second-order valence-corrected chi connectivity index (χ2v) is 21.6. The van der Waals surface area contributed by atoms with Crippen LogP contribution in [0.5, 0.6) is 23.0 Å². The first kappa shape index (κ1) is 45.6. The average molecular weight is 980 g/mol. The van der Waals surface area contributed by atoms with Crippen molar-refractivity contribution in [2.24, 2.45) is 0 Å². The highest BCUT2D eigenvalue weighted by atomic mass is 16.5. The molecule has 0 aliphatic rings. The molecule has 0 atom stereocenters. The van der Waals surface area contributed by atoms with Crippen molar-refractivity contribution in [1.29, 1.82) is 0 Å². The smallest absolute Gasteiger partial charge is 0.273 e. The lowest BCUT2D eigenvalue weighted by Crippen LogP contribution is -2.12. The molecule has 0 N–H and O–H groups in total. The van der Waals surface area contributed by atoms with E-state index in [2.05, 4.69) is 172 Å². The molecule has 6 heterocycles. The minimum atomic E-state index is -0.220. The lowest BCUT2D eigenvalue weighted by molar-refractivity contribution is 0.480. The van der Waals surface area contributed by atoms with Gasteiger partial charge >= 0.3 is 0 Å². The number of rotatable bonds is 8. The van der Waals surface area contributed by atoms with Gasteiger partial charge in [-0.25, -0.2) is 9.97 Å². The average Bonchev–Trinajstić information content (AvgIpc) is 4.05. The molecule has 0 fully saturated rings. The first-order chi connectivity index (χ1) is 36.2. The fourth-order valence-corrected chi connectivity index (χ4v) is 10.8. The van der Waals surface area contributed by atoms with Gasteiger partial charge in [0.05, 0.1) is 33.1 Å². The van der Waals surface area contributed by atoms with Gasteiger partial charge in [0.15, 0.2) is 0 Å². The molecule has 11 nitrogen and oxygen atoms in total. The number of ether oxygens (including phenoxy) is 2. The largest absolute Gasteiger partial charge is 0.457 e. The number of pyridine rings is 2. The third-order valence-corrected chi connectivity index (χ3v) is 14.3. The van der Waals surface area contributed by atoms with E-state index in [1.165, 1.54) is 32.7 Å². The van der Waals surface area contributed by atoms with Crippen LogP contribution in [0.1, 0.15) is 63.8 Å². The van der Waals surface area contributed by atoms with Crippen molar-refractivity contribution in [3.63, 3.8) is 0 Å². The summed E-state index contributed by atoms with van der Waals surface area (Å²) in [7, 11) is 0. The molecule has 0 amide bonds. The lowest BCUT2D eigenvalue weighted by atomic mass is 9.84. The second kappa shape index (κ2) is 17.2. The fraction of sp³-hybridized carbons (Fsp3) is 0.156. The molecule has 13 aromatic rings. The number of fused-ring (bicyclic) bond motifs is 9. The summed E-state index contributed by atoms with van der Waals surface area (Å²) in [6.45, 7) is 17.7. The van der Waals surface area contributed by atoms with Gasteiger partial charge in [-0.15, -0.1) is 20.4 Å². The van der Waals surface area contributed by atoms with E-state index < -0.39 is 0 Å². The maximum Gasteiger partial charge on any atom is 0.273 e. The topological polar surface area (TPSA) is 111 Å². The first-order valence-electron chi connectivity index (χ1n) is 25.3. The highest BCUT2D eigenvalue weighted by Crippen LogP contribution is 2.45. The van der Waals surface area contributed by atoms with E-state index >= 15 is 0 Å².